The molecule has 1 aromatic carbocycles. The van der Waals surface area contributed by atoms with E-state index in [9.17, 15) is 9.36 Å². The Morgan fingerprint density at radius 2 is 1.81 bits per heavy atom. The van der Waals surface area contributed by atoms with E-state index in [4.69, 9.17) is 14.9 Å². The summed E-state index contributed by atoms with van der Waals surface area (Å²) in [7, 11) is -4.45. The molecule has 0 aliphatic rings. The van der Waals surface area contributed by atoms with Gasteiger partial charge in [-0.2, -0.15) is 0 Å². The Hall–Kier alpha value is -1.16. The van der Waals surface area contributed by atoms with Crippen molar-refractivity contribution < 1.29 is 24.3 Å². The summed E-state index contributed by atoms with van der Waals surface area (Å²) in [4.78, 5) is 28.7. The van der Waals surface area contributed by atoms with Gasteiger partial charge in [-0.1, -0.05) is 29.8 Å². The summed E-state index contributed by atoms with van der Waals surface area (Å²) < 4.78 is 11.2. The van der Waals surface area contributed by atoms with Crippen LogP contribution >= 0.6 is 7.60 Å². The fourth-order valence-corrected chi connectivity index (χ4v) is 2.34. The largest absolute Gasteiger partial charge is 0.481 e. The zero-order valence-electron chi connectivity index (χ0n) is 8.70. The molecule has 16 heavy (non-hydrogen) atoms. The van der Waals surface area contributed by atoms with Crippen LogP contribution < -0.4 is 0 Å². The molecule has 1 atom stereocenters. The summed E-state index contributed by atoms with van der Waals surface area (Å²) in [5, 5.41) is 8.62. The highest BCUT2D eigenvalue weighted by molar-refractivity contribution is 7.52. The number of carbonyl (C=O) groups is 1. The molecule has 0 aliphatic carbocycles. The fraction of sp³-hybridized carbons (Fsp3) is 0.300. The van der Waals surface area contributed by atoms with Crippen LogP contribution in [0.3, 0.4) is 0 Å². The van der Waals surface area contributed by atoms with Crippen molar-refractivity contribution in [3.8, 4) is 0 Å². The number of aryl methyl sites for hydroxylation is 1. The van der Waals surface area contributed by atoms with Crippen LogP contribution in [0.4, 0.5) is 0 Å². The molecule has 0 heterocycles. The molecule has 1 unspecified atom stereocenters. The zero-order chi connectivity index (χ0) is 12.3. The lowest BCUT2D eigenvalue weighted by Crippen LogP contribution is -2.07. The van der Waals surface area contributed by atoms with Gasteiger partial charge in [-0.05, 0) is 12.5 Å². The van der Waals surface area contributed by atoms with Crippen molar-refractivity contribution in [2.45, 2.75) is 19.0 Å². The van der Waals surface area contributed by atoms with Gasteiger partial charge in [-0.15, -0.1) is 0 Å². The van der Waals surface area contributed by atoms with Gasteiger partial charge in [0.25, 0.3) is 0 Å². The second kappa shape index (κ2) is 4.78. The van der Waals surface area contributed by atoms with Gasteiger partial charge >= 0.3 is 13.6 Å². The summed E-state index contributed by atoms with van der Waals surface area (Å²) >= 11 is 0. The molecule has 0 aromatic heterocycles. The number of aliphatic carboxylic acids is 1. The number of carboxylic acid groups (broad SMARTS) is 1. The molecule has 3 N–H and O–H groups in total. The Morgan fingerprint density at radius 3 is 2.19 bits per heavy atom. The van der Waals surface area contributed by atoms with Crippen LogP contribution in [0, 0.1) is 6.92 Å². The Balaban J connectivity index is 3.06. The van der Waals surface area contributed by atoms with Gasteiger partial charge in [-0.3, -0.25) is 9.36 Å². The van der Waals surface area contributed by atoms with E-state index in [1.165, 1.54) is 0 Å². The van der Waals surface area contributed by atoms with E-state index in [0.29, 0.717) is 5.56 Å². The maximum Gasteiger partial charge on any atom is 0.333 e. The van der Waals surface area contributed by atoms with Crippen LogP contribution in [0.15, 0.2) is 24.3 Å². The second-order valence-corrected chi connectivity index (χ2v) is 5.41. The van der Waals surface area contributed by atoms with Gasteiger partial charge in [-0.25, -0.2) is 0 Å². The van der Waals surface area contributed by atoms with Crippen LogP contribution in [0.2, 0.25) is 0 Å². The van der Waals surface area contributed by atoms with E-state index in [1.54, 1.807) is 24.3 Å². The minimum Gasteiger partial charge on any atom is -0.481 e. The van der Waals surface area contributed by atoms with Gasteiger partial charge in [0, 0.05) is 0 Å². The first-order chi connectivity index (χ1) is 7.30. The van der Waals surface area contributed by atoms with Crippen LogP contribution in [0.5, 0.6) is 0 Å². The molecule has 0 radical (unpaired) electrons. The average Bonchev–Trinajstić information content (AvgIpc) is 2.14. The van der Waals surface area contributed by atoms with Crippen molar-refractivity contribution in [2.75, 3.05) is 0 Å². The zero-order valence-corrected chi connectivity index (χ0v) is 9.59. The molecular weight excluding hydrogens is 231 g/mol. The van der Waals surface area contributed by atoms with Gasteiger partial charge in [0.1, 0.15) is 0 Å². The van der Waals surface area contributed by atoms with Crippen LogP contribution in [0.25, 0.3) is 0 Å². The molecule has 0 aliphatic heterocycles. The molecule has 0 saturated heterocycles. The SMILES string of the molecule is Cc1ccc(C(CC(=O)O)P(=O)(O)O)cc1. The van der Waals surface area contributed by atoms with Crippen molar-refractivity contribution in [3.05, 3.63) is 35.4 Å². The Kier molecular flexibility index (Phi) is 3.86. The van der Waals surface area contributed by atoms with Crippen molar-refractivity contribution in [1.29, 1.82) is 0 Å². The summed E-state index contributed by atoms with van der Waals surface area (Å²) in [6, 6.07) is 6.48. The lowest BCUT2D eigenvalue weighted by molar-refractivity contribution is -0.137. The molecule has 0 bridgehead atoms. The highest BCUT2D eigenvalue weighted by Crippen LogP contribution is 2.53. The average molecular weight is 244 g/mol. The first kappa shape index (κ1) is 12.9. The Morgan fingerprint density at radius 1 is 1.31 bits per heavy atom. The topological polar surface area (TPSA) is 94.8 Å². The van der Waals surface area contributed by atoms with Crippen molar-refractivity contribution in [3.63, 3.8) is 0 Å². The monoisotopic (exact) mass is 244 g/mol. The standard InChI is InChI=1S/C10H13O5P/c1-7-2-4-8(5-3-7)9(6-10(11)12)16(13,14)15/h2-5,9H,6H2,1H3,(H,11,12)(H2,13,14,15). The van der Waals surface area contributed by atoms with E-state index in [1.807, 2.05) is 6.92 Å². The second-order valence-electron chi connectivity index (χ2n) is 3.61. The fourth-order valence-electron chi connectivity index (χ4n) is 1.38. The molecule has 6 heteroatoms. The van der Waals surface area contributed by atoms with E-state index >= 15 is 0 Å². The molecule has 0 amide bonds. The lowest BCUT2D eigenvalue weighted by Gasteiger charge is -2.16. The molecule has 0 spiro atoms. The van der Waals surface area contributed by atoms with Crippen LogP contribution in [0.1, 0.15) is 23.2 Å². The van der Waals surface area contributed by atoms with Gasteiger partial charge < -0.3 is 14.9 Å². The summed E-state index contributed by atoms with van der Waals surface area (Å²) in [5.74, 6) is -1.23. The highest BCUT2D eigenvalue weighted by atomic mass is 31.2. The molecular formula is C10H13O5P. The van der Waals surface area contributed by atoms with E-state index < -0.39 is 25.6 Å². The molecule has 5 nitrogen and oxygen atoms in total. The van der Waals surface area contributed by atoms with Gasteiger partial charge in [0.2, 0.25) is 0 Å². The summed E-state index contributed by atoms with van der Waals surface area (Å²) in [6.45, 7) is 1.84. The minimum atomic E-state index is -4.45. The number of rotatable bonds is 4. The third-order valence-electron chi connectivity index (χ3n) is 2.24. The lowest BCUT2D eigenvalue weighted by atomic mass is 10.1. The molecule has 1 aromatic rings. The number of carboxylic acids is 1. The molecule has 88 valence electrons. The molecule has 1 rings (SSSR count). The van der Waals surface area contributed by atoms with Crippen molar-refractivity contribution >= 4 is 13.6 Å². The highest BCUT2D eigenvalue weighted by Gasteiger charge is 2.32. The quantitative estimate of drug-likeness (QED) is 0.700. The summed E-state index contributed by atoms with van der Waals surface area (Å²) in [5.41, 5.74) is 0.0236. The van der Waals surface area contributed by atoms with E-state index in [2.05, 4.69) is 0 Å². The van der Waals surface area contributed by atoms with Crippen LogP contribution in [-0.4, -0.2) is 20.9 Å². The predicted molar refractivity (Wildman–Crippen MR) is 58.2 cm³/mol. The number of hydrogen-bond acceptors (Lipinski definition) is 2. The normalized spacial score (nSPS) is 13.4. The number of benzene rings is 1. The molecule has 0 fully saturated rings. The third-order valence-corrected chi connectivity index (χ3v) is 3.53. The van der Waals surface area contributed by atoms with E-state index in [-0.39, 0.29) is 0 Å². The maximum absolute atomic E-state index is 11.2. The Bertz CT molecular complexity index is 419. The van der Waals surface area contributed by atoms with Crippen molar-refractivity contribution in [2.24, 2.45) is 0 Å². The first-order valence-electron chi connectivity index (χ1n) is 4.64. The smallest absolute Gasteiger partial charge is 0.333 e. The number of hydrogen-bond donors (Lipinski definition) is 3. The summed E-state index contributed by atoms with van der Waals surface area (Å²) in [6.07, 6.45) is -0.576. The molecule has 0 saturated carbocycles. The van der Waals surface area contributed by atoms with Crippen molar-refractivity contribution in [1.82, 2.24) is 0 Å². The van der Waals surface area contributed by atoms with Gasteiger partial charge in [0.05, 0.1) is 12.1 Å². The van der Waals surface area contributed by atoms with Gasteiger partial charge in [0.15, 0.2) is 0 Å². The third kappa shape index (κ3) is 3.45. The van der Waals surface area contributed by atoms with E-state index in [0.717, 1.165) is 5.56 Å². The van der Waals surface area contributed by atoms with Crippen LogP contribution in [-0.2, 0) is 9.36 Å². The Labute approximate surface area is 92.9 Å². The first-order valence-corrected chi connectivity index (χ1v) is 6.32. The minimum absolute atomic E-state index is 0.348. The maximum atomic E-state index is 11.2. The predicted octanol–water partition coefficient (Wildman–Crippen LogP) is 1.69.